The molecule has 0 spiro atoms. The monoisotopic (exact) mass is 417 g/mol. The van der Waals surface area contributed by atoms with E-state index in [2.05, 4.69) is 15.8 Å². The van der Waals surface area contributed by atoms with Crippen molar-refractivity contribution >= 4 is 70.1 Å². The zero-order valence-corrected chi connectivity index (χ0v) is 15.5. The Labute approximate surface area is 163 Å². The number of hydrogen-bond acceptors (Lipinski definition) is 3. The Morgan fingerprint density at radius 2 is 1.72 bits per heavy atom. The van der Waals surface area contributed by atoms with Crippen LogP contribution < -0.4 is 10.7 Å². The molecule has 130 valence electrons. The fraction of sp³-hybridized carbons (Fsp3) is 0.0625. The molecule has 0 fully saturated rings. The maximum atomic E-state index is 11.8. The summed E-state index contributed by atoms with van der Waals surface area (Å²) in [7, 11) is 0. The molecule has 0 aliphatic carbocycles. The molecule has 0 aliphatic heterocycles. The Balaban J connectivity index is 1.87. The molecule has 2 aromatic rings. The highest BCUT2D eigenvalue weighted by atomic mass is 35.5. The van der Waals surface area contributed by atoms with Crippen LogP contribution in [0.1, 0.15) is 12.0 Å². The first kappa shape index (κ1) is 19.5. The molecule has 2 N–H and O–H groups in total. The van der Waals surface area contributed by atoms with Crippen LogP contribution in [0.2, 0.25) is 20.1 Å². The van der Waals surface area contributed by atoms with Gasteiger partial charge in [0.25, 0.3) is 0 Å². The molecule has 0 radical (unpaired) electrons. The van der Waals surface area contributed by atoms with Crippen molar-refractivity contribution in [2.24, 2.45) is 5.10 Å². The van der Waals surface area contributed by atoms with Crippen molar-refractivity contribution in [2.45, 2.75) is 6.42 Å². The first-order valence-corrected chi connectivity index (χ1v) is 8.39. The molecule has 0 unspecified atom stereocenters. The fourth-order valence-corrected chi connectivity index (χ4v) is 2.41. The van der Waals surface area contributed by atoms with Gasteiger partial charge in [0.15, 0.2) is 0 Å². The first-order valence-electron chi connectivity index (χ1n) is 6.87. The third kappa shape index (κ3) is 5.90. The Bertz CT molecular complexity index is 840. The number of anilines is 1. The van der Waals surface area contributed by atoms with Crippen LogP contribution in [-0.4, -0.2) is 18.0 Å². The number of nitrogens with zero attached hydrogens (tertiary/aromatic N) is 1. The highest BCUT2D eigenvalue weighted by Crippen LogP contribution is 2.25. The van der Waals surface area contributed by atoms with Crippen molar-refractivity contribution in [1.82, 2.24) is 5.43 Å². The maximum absolute atomic E-state index is 11.8. The summed E-state index contributed by atoms with van der Waals surface area (Å²) in [6.45, 7) is 0. The summed E-state index contributed by atoms with van der Waals surface area (Å²) < 4.78 is 0. The van der Waals surface area contributed by atoms with Crippen LogP contribution in [0.15, 0.2) is 41.5 Å². The van der Waals surface area contributed by atoms with E-state index in [-0.39, 0.29) is 0 Å². The number of halogens is 4. The summed E-state index contributed by atoms with van der Waals surface area (Å²) in [5.74, 6) is -1.11. The van der Waals surface area contributed by atoms with Gasteiger partial charge in [0, 0.05) is 11.3 Å². The van der Waals surface area contributed by atoms with Gasteiger partial charge in [-0.25, -0.2) is 5.43 Å². The minimum absolute atomic E-state index is 0.298. The maximum Gasteiger partial charge on any atom is 0.249 e. The van der Waals surface area contributed by atoms with Crippen molar-refractivity contribution in [3.05, 3.63) is 62.1 Å². The van der Waals surface area contributed by atoms with E-state index < -0.39 is 18.2 Å². The van der Waals surface area contributed by atoms with E-state index in [1.165, 1.54) is 12.3 Å². The van der Waals surface area contributed by atoms with E-state index in [0.29, 0.717) is 31.3 Å². The molecule has 0 saturated heterocycles. The highest BCUT2D eigenvalue weighted by molar-refractivity contribution is 6.43. The fourth-order valence-electron chi connectivity index (χ4n) is 1.76. The van der Waals surface area contributed by atoms with Crippen molar-refractivity contribution in [3.63, 3.8) is 0 Å². The molecule has 0 aromatic heterocycles. The van der Waals surface area contributed by atoms with E-state index in [0.717, 1.165) is 0 Å². The molecule has 0 heterocycles. The molecular formula is C16H11Cl4N3O2. The number of rotatable bonds is 5. The summed E-state index contributed by atoms with van der Waals surface area (Å²) in [5, 5.41) is 7.63. The van der Waals surface area contributed by atoms with E-state index in [1.54, 1.807) is 30.3 Å². The van der Waals surface area contributed by atoms with Gasteiger partial charge in [-0.05, 0) is 24.3 Å². The molecule has 5 nitrogen and oxygen atoms in total. The number of hydrazone groups is 1. The van der Waals surface area contributed by atoms with Gasteiger partial charge in [-0.15, -0.1) is 0 Å². The van der Waals surface area contributed by atoms with Crippen LogP contribution in [0, 0.1) is 0 Å². The number of carbonyl (C=O) groups excluding carboxylic acids is 2. The van der Waals surface area contributed by atoms with Gasteiger partial charge in [0.05, 0.1) is 26.3 Å². The van der Waals surface area contributed by atoms with Gasteiger partial charge in [-0.2, -0.15) is 5.10 Å². The van der Waals surface area contributed by atoms with Gasteiger partial charge >= 0.3 is 0 Å². The topological polar surface area (TPSA) is 70.6 Å². The van der Waals surface area contributed by atoms with Gasteiger partial charge in [0.2, 0.25) is 11.8 Å². The lowest BCUT2D eigenvalue weighted by atomic mass is 10.2. The predicted octanol–water partition coefficient (Wildman–Crippen LogP) is 4.78. The second-order valence-electron chi connectivity index (χ2n) is 4.79. The molecule has 0 atom stereocenters. The molecule has 25 heavy (non-hydrogen) atoms. The first-order chi connectivity index (χ1) is 11.9. The molecule has 0 saturated carbocycles. The summed E-state index contributed by atoms with van der Waals surface area (Å²) in [5.41, 5.74) is 3.20. The Morgan fingerprint density at radius 1 is 0.960 bits per heavy atom. The van der Waals surface area contributed by atoms with Crippen LogP contribution in [-0.2, 0) is 9.59 Å². The molecule has 9 heteroatoms. The summed E-state index contributed by atoms with van der Waals surface area (Å²) >= 11 is 23.5. The highest BCUT2D eigenvalue weighted by Gasteiger charge is 2.10. The average Bonchev–Trinajstić information content (AvgIpc) is 2.55. The van der Waals surface area contributed by atoms with Crippen molar-refractivity contribution in [1.29, 1.82) is 0 Å². The second kappa shape index (κ2) is 9.06. The predicted molar refractivity (Wildman–Crippen MR) is 102 cm³/mol. The lowest BCUT2D eigenvalue weighted by molar-refractivity contribution is -0.126. The largest absolute Gasteiger partial charge is 0.326 e. The molecule has 0 bridgehead atoms. The van der Waals surface area contributed by atoms with Crippen LogP contribution in [0.3, 0.4) is 0 Å². The van der Waals surface area contributed by atoms with Crippen LogP contribution >= 0.6 is 46.4 Å². The molecule has 2 amide bonds. The minimum atomic E-state index is -0.591. The van der Waals surface area contributed by atoms with Gasteiger partial charge in [0.1, 0.15) is 6.42 Å². The molecular weight excluding hydrogens is 408 g/mol. The van der Waals surface area contributed by atoms with Gasteiger partial charge in [-0.3, -0.25) is 9.59 Å². The smallest absolute Gasteiger partial charge is 0.249 e. The van der Waals surface area contributed by atoms with Crippen molar-refractivity contribution < 1.29 is 9.59 Å². The summed E-state index contributed by atoms with van der Waals surface area (Å²) in [4.78, 5) is 23.5. The summed E-state index contributed by atoms with van der Waals surface area (Å²) in [6, 6.07) is 9.61. The van der Waals surface area contributed by atoms with E-state index in [1.807, 2.05) is 0 Å². The molecule has 0 aliphatic rings. The lowest BCUT2D eigenvalue weighted by Gasteiger charge is -2.06. The number of amides is 2. The Morgan fingerprint density at radius 3 is 2.44 bits per heavy atom. The zero-order valence-electron chi connectivity index (χ0n) is 12.5. The van der Waals surface area contributed by atoms with E-state index >= 15 is 0 Å². The number of carbonyl (C=O) groups is 2. The van der Waals surface area contributed by atoms with E-state index in [4.69, 9.17) is 46.4 Å². The van der Waals surface area contributed by atoms with Crippen LogP contribution in [0.4, 0.5) is 5.69 Å². The third-order valence-corrected chi connectivity index (χ3v) is 4.47. The SMILES string of the molecule is O=C(CC(=O)Nc1ccc(Cl)c(Cl)c1)NN=Cc1cccc(Cl)c1Cl. The minimum Gasteiger partial charge on any atom is -0.326 e. The number of nitrogens with one attached hydrogen (secondary N) is 2. The third-order valence-electron chi connectivity index (χ3n) is 2.90. The number of hydrogen-bond donors (Lipinski definition) is 2. The lowest BCUT2D eigenvalue weighted by Crippen LogP contribution is -2.24. The Hall–Kier alpha value is -1.79. The quantitative estimate of drug-likeness (QED) is 0.416. The Kier molecular flexibility index (Phi) is 7.08. The van der Waals surface area contributed by atoms with Crippen LogP contribution in [0.25, 0.3) is 0 Å². The molecule has 2 rings (SSSR count). The van der Waals surface area contributed by atoms with Gasteiger partial charge < -0.3 is 5.32 Å². The normalized spacial score (nSPS) is 10.7. The number of benzene rings is 2. The van der Waals surface area contributed by atoms with Gasteiger partial charge in [-0.1, -0.05) is 58.5 Å². The zero-order chi connectivity index (χ0) is 18.4. The van der Waals surface area contributed by atoms with Crippen LogP contribution in [0.5, 0.6) is 0 Å². The molecule has 2 aromatic carbocycles. The summed E-state index contributed by atoms with van der Waals surface area (Å²) in [6.07, 6.45) is 0.920. The standard InChI is InChI=1S/C16H11Cl4N3O2/c17-11-5-4-10(6-13(11)19)22-14(24)7-15(25)23-21-8-9-2-1-3-12(18)16(9)20/h1-6,8H,7H2,(H,22,24)(H,23,25). The van der Waals surface area contributed by atoms with Crippen molar-refractivity contribution in [3.8, 4) is 0 Å². The van der Waals surface area contributed by atoms with E-state index in [9.17, 15) is 9.59 Å². The average molecular weight is 419 g/mol. The van der Waals surface area contributed by atoms with Crippen molar-refractivity contribution in [2.75, 3.05) is 5.32 Å². The second-order valence-corrected chi connectivity index (χ2v) is 6.39.